The largest absolute Gasteiger partial charge is 0.484 e. The van der Waals surface area contributed by atoms with Crippen LogP contribution in [0.15, 0.2) is 48.8 Å². The molecule has 2 aromatic carbocycles. The number of carbonyl (C=O) groups is 2. The number of piperazine rings is 1. The number of anilines is 1. The molecule has 1 atom stereocenters. The Bertz CT molecular complexity index is 1160. The molecule has 2 heterocycles. The van der Waals surface area contributed by atoms with E-state index in [9.17, 15) is 14.0 Å². The van der Waals surface area contributed by atoms with Crippen LogP contribution in [0.2, 0.25) is 0 Å². The fourth-order valence-electron chi connectivity index (χ4n) is 3.81. The van der Waals surface area contributed by atoms with Gasteiger partial charge in [0, 0.05) is 32.1 Å². The molecule has 1 aliphatic heterocycles. The molecule has 3 aromatic rings. The first-order chi connectivity index (χ1) is 16.0. The Morgan fingerprint density at radius 3 is 2.73 bits per heavy atom. The summed E-state index contributed by atoms with van der Waals surface area (Å²) >= 11 is 0. The number of nitrogen functional groups attached to an aromatic ring is 1. The number of rotatable bonds is 7. The normalized spacial score (nSPS) is 16.3. The van der Waals surface area contributed by atoms with Crippen molar-refractivity contribution in [2.75, 3.05) is 39.1 Å². The lowest BCUT2D eigenvalue weighted by Gasteiger charge is -2.40. The fourth-order valence-corrected chi connectivity index (χ4v) is 3.81. The molecule has 1 saturated heterocycles. The number of carbonyl (C=O) groups excluding carboxylic acids is 2. The summed E-state index contributed by atoms with van der Waals surface area (Å²) in [5.41, 5.74) is 7.48. The van der Waals surface area contributed by atoms with Gasteiger partial charge in [-0.25, -0.2) is 14.4 Å². The average molecular weight is 453 g/mol. The number of hydrogen-bond acceptors (Lipinski definition) is 7. The Labute approximate surface area is 189 Å². The van der Waals surface area contributed by atoms with Gasteiger partial charge in [-0.2, -0.15) is 0 Å². The summed E-state index contributed by atoms with van der Waals surface area (Å²) in [6.45, 7) is 0.885. The molecular weight excluding hydrogens is 429 g/mol. The molecule has 33 heavy (non-hydrogen) atoms. The maximum absolute atomic E-state index is 13.2. The van der Waals surface area contributed by atoms with Gasteiger partial charge in [0.1, 0.15) is 29.8 Å². The van der Waals surface area contributed by atoms with Crippen molar-refractivity contribution in [1.29, 1.82) is 0 Å². The number of ether oxygens (including phenoxy) is 2. The predicted octanol–water partition coefficient (Wildman–Crippen LogP) is 1.62. The second kappa shape index (κ2) is 9.78. The number of hydrogen-bond donors (Lipinski definition) is 1. The number of nitrogens with two attached hydrogens (primary N) is 1. The highest BCUT2D eigenvalue weighted by Gasteiger charge is 2.37. The van der Waals surface area contributed by atoms with Crippen LogP contribution < -0.4 is 10.5 Å². The molecule has 2 amide bonds. The van der Waals surface area contributed by atoms with Crippen LogP contribution in [-0.4, -0.2) is 71.0 Å². The zero-order valence-electron chi connectivity index (χ0n) is 18.1. The van der Waals surface area contributed by atoms with Crippen molar-refractivity contribution in [2.45, 2.75) is 12.6 Å². The van der Waals surface area contributed by atoms with Gasteiger partial charge in [0.25, 0.3) is 5.91 Å². The van der Waals surface area contributed by atoms with Crippen molar-refractivity contribution in [3.05, 3.63) is 60.2 Å². The second-order valence-electron chi connectivity index (χ2n) is 7.67. The van der Waals surface area contributed by atoms with E-state index < -0.39 is 11.9 Å². The van der Waals surface area contributed by atoms with E-state index in [2.05, 4.69) is 9.97 Å². The second-order valence-corrected chi connectivity index (χ2v) is 7.67. The molecule has 0 aliphatic carbocycles. The lowest BCUT2D eigenvalue weighted by molar-refractivity contribution is -0.155. The van der Waals surface area contributed by atoms with Gasteiger partial charge in [0.2, 0.25) is 5.91 Å². The van der Waals surface area contributed by atoms with Crippen LogP contribution in [0.4, 0.5) is 10.2 Å². The summed E-state index contributed by atoms with van der Waals surface area (Å²) < 4.78 is 23.7. The standard InChI is InChI=1S/C23H24FN5O4/c1-32-12-20-23(31)28(11-15-2-7-18-19(10-15)26-14-27-22(18)25)8-9-29(20)21(30)13-33-17-5-3-16(24)4-6-17/h2-7,10,14,20H,8-9,11-13H2,1H3,(H2,25,26,27). The maximum atomic E-state index is 13.2. The Morgan fingerprint density at radius 2 is 1.97 bits per heavy atom. The highest BCUT2D eigenvalue weighted by molar-refractivity contribution is 5.90. The Kier molecular flexibility index (Phi) is 6.64. The Morgan fingerprint density at radius 1 is 1.18 bits per heavy atom. The van der Waals surface area contributed by atoms with Crippen molar-refractivity contribution in [2.24, 2.45) is 0 Å². The SMILES string of the molecule is COCC1C(=O)N(Cc2ccc3c(N)ncnc3c2)CCN1C(=O)COc1ccc(F)cc1. The molecule has 0 radical (unpaired) electrons. The molecule has 0 spiro atoms. The van der Waals surface area contributed by atoms with E-state index in [0.717, 1.165) is 10.9 Å². The van der Waals surface area contributed by atoms with Gasteiger partial charge < -0.3 is 25.0 Å². The van der Waals surface area contributed by atoms with E-state index in [1.807, 2.05) is 18.2 Å². The molecule has 9 nitrogen and oxygen atoms in total. The highest BCUT2D eigenvalue weighted by atomic mass is 19.1. The van der Waals surface area contributed by atoms with Crippen molar-refractivity contribution >= 4 is 28.5 Å². The maximum Gasteiger partial charge on any atom is 0.261 e. The summed E-state index contributed by atoms with van der Waals surface area (Å²) in [4.78, 5) is 37.4. The third kappa shape index (κ3) is 5.01. The van der Waals surface area contributed by atoms with Gasteiger partial charge in [-0.3, -0.25) is 9.59 Å². The predicted molar refractivity (Wildman–Crippen MR) is 119 cm³/mol. The Hall–Kier alpha value is -3.79. The van der Waals surface area contributed by atoms with Crippen LogP contribution in [0.25, 0.3) is 10.9 Å². The van der Waals surface area contributed by atoms with E-state index in [4.69, 9.17) is 15.2 Å². The fraction of sp³-hybridized carbons (Fsp3) is 0.304. The molecular formula is C23H24FN5O4. The quantitative estimate of drug-likeness (QED) is 0.579. The number of benzene rings is 2. The van der Waals surface area contributed by atoms with Crippen LogP contribution in [0, 0.1) is 5.82 Å². The van der Waals surface area contributed by atoms with E-state index in [0.29, 0.717) is 36.7 Å². The molecule has 0 saturated carbocycles. The van der Waals surface area contributed by atoms with Crippen LogP contribution in [-0.2, 0) is 20.9 Å². The van der Waals surface area contributed by atoms with Crippen molar-refractivity contribution in [1.82, 2.24) is 19.8 Å². The van der Waals surface area contributed by atoms with E-state index >= 15 is 0 Å². The zero-order chi connectivity index (χ0) is 23.4. The van der Waals surface area contributed by atoms with Gasteiger partial charge in [-0.1, -0.05) is 6.07 Å². The molecule has 1 aromatic heterocycles. The minimum absolute atomic E-state index is 0.0686. The lowest BCUT2D eigenvalue weighted by Crippen LogP contribution is -2.60. The molecule has 4 rings (SSSR count). The number of halogens is 1. The number of methoxy groups -OCH3 is 1. The van der Waals surface area contributed by atoms with Gasteiger partial charge >= 0.3 is 0 Å². The van der Waals surface area contributed by atoms with Gasteiger partial charge in [0.05, 0.1) is 12.1 Å². The van der Waals surface area contributed by atoms with E-state index in [1.165, 1.54) is 42.6 Å². The highest BCUT2D eigenvalue weighted by Crippen LogP contribution is 2.21. The van der Waals surface area contributed by atoms with Crippen LogP contribution in [0.3, 0.4) is 0 Å². The number of nitrogens with zero attached hydrogens (tertiary/aromatic N) is 4. The summed E-state index contributed by atoms with van der Waals surface area (Å²) in [6.07, 6.45) is 1.40. The molecule has 1 unspecified atom stereocenters. The molecule has 1 fully saturated rings. The summed E-state index contributed by atoms with van der Waals surface area (Å²) in [5.74, 6) is -0.165. The average Bonchev–Trinajstić information content (AvgIpc) is 2.81. The lowest BCUT2D eigenvalue weighted by atomic mass is 10.1. The van der Waals surface area contributed by atoms with Crippen LogP contribution >= 0.6 is 0 Å². The topological polar surface area (TPSA) is 111 Å². The van der Waals surface area contributed by atoms with E-state index in [1.54, 1.807) is 4.90 Å². The Balaban J connectivity index is 1.43. The third-order valence-corrected chi connectivity index (χ3v) is 5.51. The minimum Gasteiger partial charge on any atom is -0.484 e. The monoisotopic (exact) mass is 453 g/mol. The summed E-state index contributed by atoms with van der Waals surface area (Å²) in [5, 5.41) is 0.751. The smallest absolute Gasteiger partial charge is 0.261 e. The molecule has 1 aliphatic rings. The minimum atomic E-state index is -0.758. The first kappa shape index (κ1) is 22.4. The molecule has 0 bridgehead atoms. The summed E-state index contributed by atoms with van der Waals surface area (Å²) in [6, 6.07) is 10.2. The number of fused-ring (bicyclic) bond motifs is 1. The first-order valence-corrected chi connectivity index (χ1v) is 10.4. The molecule has 172 valence electrons. The van der Waals surface area contributed by atoms with Gasteiger partial charge in [0.15, 0.2) is 6.61 Å². The third-order valence-electron chi connectivity index (χ3n) is 5.51. The van der Waals surface area contributed by atoms with E-state index in [-0.39, 0.29) is 25.0 Å². The van der Waals surface area contributed by atoms with Crippen molar-refractivity contribution < 1.29 is 23.5 Å². The number of amides is 2. The summed E-state index contributed by atoms with van der Waals surface area (Å²) in [7, 11) is 1.48. The van der Waals surface area contributed by atoms with Crippen LogP contribution in [0.5, 0.6) is 5.75 Å². The van der Waals surface area contributed by atoms with Gasteiger partial charge in [-0.15, -0.1) is 0 Å². The molecule has 10 heteroatoms. The first-order valence-electron chi connectivity index (χ1n) is 10.4. The number of aromatic nitrogens is 2. The van der Waals surface area contributed by atoms with Crippen LogP contribution in [0.1, 0.15) is 5.56 Å². The van der Waals surface area contributed by atoms with Gasteiger partial charge in [-0.05, 0) is 42.0 Å². The van der Waals surface area contributed by atoms with Crippen molar-refractivity contribution in [3.63, 3.8) is 0 Å². The molecule has 2 N–H and O–H groups in total. The zero-order valence-corrected chi connectivity index (χ0v) is 18.1. The van der Waals surface area contributed by atoms with Crippen molar-refractivity contribution in [3.8, 4) is 5.75 Å².